The average Bonchev–Trinajstić information content (AvgIpc) is 2.18. The number of methoxy groups -OCH3 is 1. The Hall–Kier alpha value is -0.170. The van der Waals surface area contributed by atoms with Gasteiger partial charge in [-0.15, -0.1) is 0 Å². The van der Waals surface area contributed by atoms with Gasteiger partial charge in [-0.05, 0) is 18.8 Å². The third kappa shape index (κ3) is 4.06. The van der Waals surface area contributed by atoms with E-state index in [9.17, 15) is 8.42 Å². The first-order valence-electron chi connectivity index (χ1n) is 5.30. The molecule has 1 aliphatic rings. The summed E-state index contributed by atoms with van der Waals surface area (Å²) in [4.78, 5) is 0. The molecule has 15 heavy (non-hydrogen) atoms. The second-order valence-corrected chi connectivity index (χ2v) is 5.75. The Morgan fingerprint density at radius 1 is 1.53 bits per heavy atom. The van der Waals surface area contributed by atoms with Crippen molar-refractivity contribution in [2.45, 2.75) is 19.8 Å². The molecule has 90 valence electrons. The molecule has 6 heteroatoms. The van der Waals surface area contributed by atoms with Crippen LogP contribution in [0, 0.1) is 5.92 Å². The number of ether oxygens (including phenoxy) is 1. The lowest BCUT2D eigenvalue weighted by Gasteiger charge is -2.29. The Balaban J connectivity index is 2.45. The summed E-state index contributed by atoms with van der Waals surface area (Å²) in [6.07, 6.45) is 2.07. The second kappa shape index (κ2) is 5.79. The molecule has 0 spiro atoms. The summed E-state index contributed by atoms with van der Waals surface area (Å²) in [5.41, 5.74) is 0. The topological polar surface area (TPSA) is 58.6 Å². The van der Waals surface area contributed by atoms with E-state index < -0.39 is 10.2 Å². The number of rotatable bonds is 5. The van der Waals surface area contributed by atoms with Crippen molar-refractivity contribution in [3.63, 3.8) is 0 Å². The van der Waals surface area contributed by atoms with E-state index in [1.807, 2.05) is 0 Å². The van der Waals surface area contributed by atoms with Gasteiger partial charge in [0.25, 0.3) is 10.2 Å². The highest BCUT2D eigenvalue weighted by molar-refractivity contribution is 7.87. The molecule has 0 aromatic heterocycles. The van der Waals surface area contributed by atoms with Crippen LogP contribution in [0.25, 0.3) is 0 Å². The minimum Gasteiger partial charge on any atom is -0.383 e. The number of nitrogens with zero attached hydrogens (tertiary/aromatic N) is 1. The summed E-state index contributed by atoms with van der Waals surface area (Å²) in [6.45, 7) is 4.08. The van der Waals surface area contributed by atoms with Gasteiger partial charge in [0, 0.05) is 26.7 Å². The first-order valence-corrected chi connectivity index (χ1v) is 6.74. The zero-order valence-corrected chi connectivity index (χ0v) is 10.2. The fourth-order valence-corrected chi connectivity index (χ4v) is 3.07. The summed E-state index contributed by atoms with van der Waals surface area (Å²) < 4.78 is 32.4. The summed E-state index contributed by atoms with van der Waals surface area (Å²) in [5.74, 6) is 0.456. The fraction of sp³-hybridized carbons (Fsp3) is 1.00. The monoisotopic (exact) mass is 236 g/mol. The zero-order valence-electron chi connectivity index (χ0n) is 9.40. The SMILES string of the molecule is COCCNS(=O)(=O)N1CCC[C@@H](C)C1. The summed E-state index contributed by atoms with van der Waals surface area (Å²) in [5, 5.41) is 0. The van der Waals surface area contributed by atoms with E-state index in [2.05, 4.69) is 11.6 Å². The summed E-state index contributed by atoms with van der Waals surface area (Å²) >= 11 is 0. The molecular formula is C9H20N2O3S. The van der Waals surface area contributed by atoms with Gasteiger partial charge in [-0.25, -0.2) is 0 Å². The molecule has 1 atom stereocenters. The molecule has 1 fully saturated rings. The lowest BCUT2D eigenvalue weighted by Crippen LogP contribution is -2.46. The Bertz CT molecular complexity index is 279. The summed E-state index contributed by atoms with van der Waals surface area (Å²) in [6, 6.07) is 0. The highest BCUT2D eigenvalue weighted by Gasteiger charge is 2.26. The molecule has 1 aliphatic heterocycles. The van der Waals surface area contributed by atoms with Crippen molar-refractivity contribution in [2.75, 3.05) is 33.4 Å². The smallest absolute Gasteiger partial charge is 0.279 e. The lowest BCUT2D eigenvalue weighted by atomic mass is 10.0. The van der Waals surface area contributed by atoms with Crippen molar-refractivity contribution in [1.82, 2.24) is 9.03 Å². The van der Waals surface area contributed by atoms with Crippen LogP contribution in [0.5, 0.6) is 0 Å². The molecule has 0 bridgehead atoms. The lowest BCUT2D eigenvalue weighted by molar-refractivity contribution is 0.203. The average molecular weight is 236 g/mol. The number of hydrogen-bond donors (Lipinski definition) is 1. The largest absolute Gasteiger partial charge is 0.383 e. The van der Waals surface area contributed by atoms with Crippen LogP contribution in [-0.2, 0) is 14.9 Å². The highest BCUT2D eigenvalue weighted by atomic mass is 32.2. The van der Waals surface area contributed by atoms with Crippen LogP contribution in [0.2, 0.25) is 0 Å². The van der Waals surface area contributed by atoms with Crippen molar-refractivity contribution >= 4 is 10.2 Å². The molecule has 0 radical (unpaired) electrons. The Morgan fingerprint density at radius 3 is 2.87 bits per heavy atom. The van der Waals surface area contributed by atoms with Crippen LogP contribution in [0.3, 0.4) is 0 Å². The molecular weight excluding hydrogens is 216 g/mol. The molecule has 0 aliphatic carbocycles. The molecule has 0 aromatic rings. The van der Waals surface area contributed by atoms with E-state index in [1.165, 1.54) is 4.31 Å². The second-order valence-electron chi connectivity index (χ2n) is 4.00. The van der Waals surface area contributed by atoms with Crippen molar-refractivity contribution in [2.24, 2.45) is 5.92 Å². The van der Waals surface area contributed by atoms with Crippen LogP contribution in [0.1, 0.15) is 19.8 Å². The predicted octanol–water partition coefficient (Wildman–Crippen LogP) is 0.199. The fourth-order valence-electron chi connectivity index (χ4n) is 1.73. The Labute approximate surface area is 92.0 Å². The third-order valence-corrected chi connectivity index (χ3v) is 4.13. The third-order valence-electron chi connectivity index (χ3n) is 2.55. The van der Waals surface area contributed by atoms with Crippen LogP contribution in [0.4, 0.5) is 0 Å². The van der Waals surface area contributed by atoms with Gasteiger partial charge in [0.1, 0.15) is 0 Å². The minimum absolute atomic E-state index is 0.337. The number of piperidine rings is 1. The quantitative estimate of drug-likeness (QED) is 0.694. The maximum Gasteiger partial charge on any atom is 0.279 e. The molecule has 1 saturated heterocycles. The molecule has 1 N–H and O–H groups in total. The van der Waals surface area contributed by atoms with Crippen molar-refractivity contribution < 1.29 is 13.2 Å². The van der Waals surface area contributed by atoms with E-state index in [4.69, 9.17) is 4.74 Å². The van der Waals surface area contributed by atoms with Gasteiger partial charge in [0.05, 0.1) is 6.61 Å². The molecule has 5 nitrogen and oxygen atoms in total. The van der Waals surface area contributed by atoms with Crippen LogP contribution in [0.15, 0.2) is 0 Å². The molecule has 0 aromatic carbocycles. The van der Waals surface area contributed by atoms with Crippen LogP contribution < -0.4 is 4.72 Å². The van der Waals surface area contributed by atoms with E-state index in [0.29, 0.717) is 32.2 Å². The summed E-state index contributed by atoms with van der Waals surface area (Å²) in [7, 11) is -1.73. The van der Waals surface area contributed by atoms with E-state index in [-0.39, 0.29) is 0 Å². The maximum absolute atomic E-state index is 11.8. The maximum atomic E-state index is 11.8. The van der Waals surface area contributed by atoms with E-state index in [1.54, 1.807) is 7.11 Å². The van der Waals surface area contributed by atoms with Crippen molar-refractivity contribution in [3.05, 3.63) is 0 Å². The Kier molecular flexibility index (Phi) is 4.98. The van der Waals surface area contributed by atoms with Crippen LogP contribution >= 0.6 is 0 Å². The zero-order chi connectivity index (χ0) is 11.3. The van der Waals surface area contributed by atoms with Gasteiger partial charge in [-0.1, -0.05) is 6.92 Å². The van der Waals surface area contributed by atoms with Gasteiger partial charge in [-0.3, -0.25) is 0 Å². The van der Waals surface area contributed by atoms with Gasteiger partial charge in [-0.2, -0.15) is 17.4 Å². The number of nitrogens with one attached hydrogen (secondary N) is 1. The van der Waals surface area contributed by atoms with E-state index in [0.717, 1.165) is 12.8 Å². The first-order chi connectivity index (χ1) is 7.06. The molecule has 0 amide bonds. The van der Waals surface area contributed by atoms with Gasteiger partial charge in [0.15, 0.2) is 0 Å². The number of hydrogen-bond acceptors (Lipinski definition) is 3. The van der Waals surface area contributed by atoms with Gasteiger partial charge in [0.2, 0.25) is 0 Å². The first kappa shape index (κ1) is 12.9. The standard InChI is InChI=1S/C9H20N2O3S/c1-9-4-3-6-11(8-9)15(12,13)10-5-7-14-2/h9-10H,3-8H2,1-2H3/t9-/m1/s1. The molecule has 1 rings (SSSR count). The predicted molar refractivity (Wildman–Crippen MR) is 58.8 cm³/mol. The van der Waals surface area contributed by atoms with Crippen molar-refractivity contribution in [3.8, 4) is 0 Å². The normalized spacial score (nSPS) is 24.3. The van der Waals surface area contributed by atoms with Crippen LogP contribution in [-0.4, -0.2) is 46.1 Å². The molecule has 0 unspecified atom stereocenters. The Morgan fingerprint density at radius 2 is 2.27 bits per heavy atom. The van der Waals surface area contributed by atoms with E-state index >= 15 is 0 Å². The molecule has 0 saturated carbocycles. The molecule has 1 heterocycles. The highest BCUT2D eigenvalue weighted by Crippen LogP contribution is 2.17. The van der Waals surface area contributed by atoms with Gasteiger partial charge < -0.3 is 4.74 Å². The minimum atomic E-state index is -3.29. The van der Waals surface area contributed by atoms with Gasteiger partial charge >= 0.3 is 0 Å². The van der Waals surface area contributed by atoms with Crippen molar-refractivity contribution in [1.29, 1.82) is 0 Å².